The van der Waals surface area contributed by atoms with Crippen LogP contribution in [0.2, 0.25) is 0 Å². The molecule has 0 aliphatic carbocycles. The van der Waals surface area contributed by atoms with E-state index in [0.717, 1.165) is 9.99 Å². The van der Waals surface area contributed by atoms with Gasteiger partial charge in [-0.15, -0.1) is 10.2 Å². The Labute approximate surface area is 217 Å². The summed E-state index contributed by atoms with van der Waals surface area (Å²) in [6.45, 7) is -0.186. The van der Waals surface area contributed by atoms with Gasteiger partial charge in [0.2, 0.25) is 5.88 Å². The molecule has 3 aromatic heterocycles. The number of aromatic hydroxyl groups is 1. The van der Waals surface area contributed by atoms with E-state index in [9.17, 15) is 19.8 Å². The maximum atomic E-state index is 12.7. The van der Waals surface area contributed by atoms with Gasteiger partial charge in [-0.1, -0.05) is 34.1 Å². The van der Waals surface area contributed by atoms with Gasteiger partial charge in [0.1, 0.15) is 18.5 Å². The number of azo groups is 1. The van der Waals surface area contributed by atoms with Crippen LogP contribution in [0.1, 0.15) is 0 Å². The second-order valence-corrected chi connectivity index (χ2v) is 9.30. The van der Waals surface area contributed by atoms with E-state index in [4.69, 9.17) is 4.74 Å². The lowest BCUT2D eigenvalue weighted by Crippen LogP contribution is -2.30. The number of fused-ring (bicyclic) bond motifs is 2. The zero-order chi connectivity index (χ0) is 26.3. The smallest absolute Gasteiger partial charge is 0.329 e. The molecule has 0 aliphatic heterocycles. The summed E-state index contributed by atoms with van der Waals surface area (Å²) in [5.41, 5.74) is -0.276. The Morgan fingerprint density at radius 3 is 2.62 bits per heavy atom. The number of rotatable bonds is 7. The number of imidazole rings is 1. The number of H-pyrrole nitrogens is 1. The van der Waals surface area contributed by atoms with Crippen molar-refractivity contribution in [1.29, 1.82) is 0 Å². The van der Waals surface area contributed by atoms with Crippen molar-refractivity contribution in [3.05, 3.63) is 73.8 Å². The number of ether oxygens (including phenoxy) is 1. The Kier molecular flexibility index (Phi) is 6.39. The summed E-state index contributed by atoms with van der Waals surface area (Å²) in [6, 6.07) is 14.4. The van der Waals surface area contributed by atoms with E-state index in [1.165, 1.54) is 16.2 Å². The Bertz CT molecular complexity index is 1770. The number of para-hydroxylation sites is 1. The Balaban J connectivity index is 1.57. The monoisotopic (exact) mass is 567 g/mol. The summed E-state index contributed by atoms with van der Waals surface area (Å²) >= 11 is 3.42. The highest BCUT2D eigenvalue weighted by atomic mass is 79.9. The maximum Gasteiger partial charge on any atom is 0.329 e. The molecule has 12 nitrogen and oxygen atoms in total. The van der Waals surface area contributed by atoms with E-state index in [2.05, 4.69) is 36.1 Å². The predicted molar refractivity (Wildman–Crippen MR) is 140 cm³/mol. The first kappa shape index (κ1) is 24.5. The molecule has 0 bridgehead atoms. The predicted octanol–water partition coefficient (Wildman–Crippen LogP) is 3.24. The summed E-state index contributed by atoms with van der Waals surface area (Å²) in [7, 11) is 3.15. The van der Waals surface area contributed by atoms with Crippen molar-refractivity contribution in [1.82, 2.24) is 23.7 Å². The minimum absolute atomic E-state index is 0.0353. The molecule has 0 radical (unpaired) electrons. The van der Waals surface area contributed by atoms with Gasteiger partial charge in [-0.05, 0) is 30.3 Å². The van der Waals surface area contributed by atoms with E-state index in [-0.39, 0.29) is 41.8 Å². The molecule has 3 heterocycles. The van der Waals surface area contributed by atoms with E-state index >= 15 is 0 Å². The van der Waals surface area contributed by atoms with Crippen LogP contribution in [0.3, 0.4) is 0 Å². The Hall–Kier alpha value is -4.23. The van der Waals surface area contributed by atoms with E-state index in [0.29, 0.717) is 11.1 Å². The molecule has 5 aromatic rings. The third-order valence-corrected chi connectivity index (χ3v) is 6.40. The van der Waals surface area contributed by atoms with Crippen LogP contribution in [-0.4, -0.2) is 46.6 Å². The largest absolute Gasteiger partial charge is 0.493 e. The van der Waals surface area contributed by atoms with Crippen LogP contribution in [0, 0.1) is 0 Å². The van der Waals surface area contributed by atoms with Gasteiger partial charge in [-0.2, -0.15) is 4.98 Å². The number of aromatic amines is 1. The van der Waals surface area contributed by atoms with Crippen LogP contribution in [-0.2, 0) is 20.6 Å². The Morgan fingerprint density at radius 1 is 1.11 bits per heavy atom. The normalized spacial score (nSPS) is 12.6. The molecule has 1 atom stereocenters. The van der Waals surface area contributed by atoms with Crippen molar-refractivity contribution in [3.8, 4) is 11.6 Å². The number of nitrogens with zero attached hydrogens (tertiary/aromatic N) is 6. The molecule has 0 amide bonds. The molecule has 0 aliphatic rings. The van der Waals surface area contributed by atoms with Crippen LogP contribution < -0.4 is 16.0 Å². The highest BCUT2D eigenvalue weighted by Gasteiger charge is 2.21. The SMILES string of the molecule is Cn1c(O)c(N=Nc2nc3c(c(=O)[nH]c(=O)n3C)n2CC(O)COc2ccccc2)c2cc(Br)ccc21. The number of nitrogens with one attached hydrogen (secondary N) is 1. The fourth-order valence-electron chi connectivity index (χ4n) is 4.02. The number of aromatic nitrogens is 5. The molecule has 2 aromatic carbocycles. The highest BCUT2D eigenvalue weighted by molar-refractivity contribution is 9.10. The molecular formula is C24H22BrN7O5. The lowest BCUT2D eigenvalue weighted by molar-refractivity contribution is 0.0937. The first-order valence-corrected chi connectivity index (χ1v) is 12.0. The second-order valence-electron chi connectivity index (χ2n) is 8.38. The molecule has 1 unspecified atom stereocenters. The van der Waals surface area contributed by atoms with Gasteiger partial charge < -0.3 is 19.5 Å². The van der Waals surface area contributed by atoms with Crippen molar-refractivity contribution in [2.75, 3.05) is 6.61 Å². The van der Waals surface area contributed by atoms with Crippen LogP contribution in [0.25, 0.3) is 22.1 Å². The van der Waals surface area contributed by atoms with Crippen LogP contribution >= 0.6 is 15.9 Å². The number of halogens is 1. The Morgan fingerprint density at radius 2 is 1.86 bits per heavy atom. The number of aliphatic hydroxyl groups is 1. The van der Waals surface area contributed by atoms with Crippen molar-refractivity contribution in [3.63, 3.8) is 0 Å². The molecule has 0 saturated heterocycles. The molecule has 0 spiro atoms. The number of benzene rings is 2. The first-order valence-electron chi connectivity index (χ1n) is 11.2. The fraction of sp³-hybridized carbons (Fsp3) is 0.208. The average Bonchev–Trinajstić information content (AvgIpc) is 3.35. The van der Waals surface area contributed by atoms with Gasteiger partial charge in [0.25, 0.3) is 11.5 Å². The molecular weight excluding hydrogens is 546 g/mol. The molecule has 37 heavy (non-hydrogen) atoms. The van der Waals surface area contributed by atoms with Gasteiger partial charge in [0.05, 0.1) is 12.1 Å². The minimum atomic E-state index is -1.05. The van der Waals surface area contributed by atoms with Gasteiger partial charge in [0, 0.05) is 24.0 Å². The second kappa shape index (κ2) is 9.67. The van der Waals surface area contributed by atoms with E-state index in [1.54, 1.807) is 29.8 Å². The van der Waals surface area contributed by atoms with Gasteiger partial charge in [-0.3, -0.25) is 18.9 Å². The zero-order valence-electron chi connectivity index (χ0n) is 19.8. The van der Waals surface area contributed by atoms with Gasteiger partial charge >= 0.3 is 5.69 Å². The van der Waals surface area contributed by atoms with Crippen molar-refractivity contribution < 1.29 is 14.9 Å². The van der Waals surface area contributed by atoms with Crippen LogP contribution in [0.4, 0.5) is 11.6 Å². The topological polar surface area (TPSA) is 152 Å². The fourth-order valence-corrected chi connectivity index (χ4v) is 4.38. The quantitative estimate of drug-likeness (QED) is 0.257. The van der Waals surface area contributed by atoms with Gasteiger partial charge in [-0.25, -0.2) is 4.79 Å². The van der Waals surface area contributed by atoms with E-state index < -0.39 is 17.4 Å². The standard InChI is InChI=1S/C24H22BrN7O5/c1-30-17-9-8-13(25)10-16(17)18(22(30)35)28-29-23-26-20-19(21(34)27-24(36)31(20)2)32(23)11-14(33)12-37-15-6-4-3-5-7-15/h3-10,14,33,35H,11-12H2,1-2H3,(H,27,34,36). The first-order chi connectivity index (χ1) is 17.7. The van der Waals surface area contributed by atoms with Crippen molar-refractivity contribution in [2.45, 2.75) is 12.6 Å². The van der Waals surface area contributed by atoms with Crippen molar-refractivity contribution >= 4 is 49.6 Å². The lowest BCUT2D eigenvalue weighted by atomic mass is 10.2. The van der Waals surface area contributed by atoms with Gasteiger partial charge in [0.15, 0.2) is 16.9 Å². The molecule has 13 heteroatoms. The zero-order valence-corrected chi connectivity index (χ0v) is 21.4. The number of aryl methyl sites for hydroxylation is 2. The average molecular weight is 568 g/mol. The summed E-state index contributed by atoms with van der Waals surface area (Å²) in [4.78, 5) is 31.5. The highest BCUT2D eigenvalue weighted by Crippen LogP contribution is 2.39. The van der Waals surface area contributed by atoms with Crippen molar-refractivity contribution in [2.24, 2.45) is 24.3 Å². The molecule has 5 rings (SSSR count). The molecule has 0 fully saturated rings. The van der Waals surface area contributed by atoms with E-state index in [1.807, 2.05) is 30.3 Å². The molecule has 0 saturated carbocycles. The number of hydrogen-bond donors (Lipinski definition) is 3. The third-order valence-electron chi connectivity index (χ3n) is 5.91. The number of hydrogen-bond acceptors (Lipinski definition) is 8. The lowest BCUT2D eigenvalue weighted by Gasteiger charge is -2.14. The summed E-state index contributed by atoms with van der Waals surface area (Å²) in [5, 5.41) is 30.5. The minimum Gasteiger partial charge on any atom is -0.493 e. The molecule has 190 valence electrons. The van der Waals surface area contributed by atoms with Crippen LogP contribution in [0.5, 0.6) is 11.6 Å². The van der Waals surface area contributed by atoms with Crippen LogP contribution in [0.15, 0.2) is 72.8 Å². The third kappa shape index (κ3) is 4.54. The number of aliphatic hydroxyl groups excluding tert-OH is 1. The summed E-state index contributed by atoms with van der Waals surface area (Å²) < 4.78 is 10.5. The molecule has 3 N–H and O–H groups in total. The summed E-state index contributed by atoms with van der Waals surface area (Å²) in [6.07, 6.45) is -1.05. The maximum absolute atomic E-state index is 12.7. The summed E-state index contributed by atoms with van der Waals surface area (Å²) in [5.74, 6) is 0.433.